The molecule has 40 heavy (non-hydrogen) atoms. The van der Waals surface area contributed by atoms with Gasteiger partial charge < -0.3 is 14.8 Å². The van der Waals surface area contributed by atoms with Crippen LogP contribution >= 0.6 is 0 Å². The Labute approximate surface area is 231 Å². The van der Waals surface area contributed by atoms with Gasteiger partial charge in [0.15, 0.2) is 21.3 Å². The van der Waals surface area contributed by atoms with E-state index < -0.39 is 28.3 Å². The van der Waals surface area contributed by atoms with Crippen LogP contribution in [0.2, 0.25) is 0 Å². The van der Waals surface area contributed by atoms with E-state index in [-0.39, 0.29) is 46.0 Å². The smallest absolute Gasteiger partial charge is 0.295 e. The van der Waals surface area contributed by atoms with Crippen LogP contribution in [0.15, 0.2) is 29.2 Å². The second kappa shape index (κ2) is 10.8. The fraction of sp³-hybridized carbons (Fsp3) is 0.536. The van der Waals surface area contributed by atoms with Crippen LogP contribution in [-0.2, 0) is 30.5 Å². The van der Waals surface area contributed by atoms with Gasteiger partial charge in [0.1, 0.15) is 17.5 Å². The first kappa shape index (κ1) is 27.2. The molecule has 2 aliphatic heterocycles. The zero-order valence-electron chi connectivity index (χ0n) is 22.2. The van der Waals surface area contributed by atoms with Crippen LogP contribution in [0.5, 0.6) is 0 Å². The molecule has 214 valence electrons. The van der Waals surface area contributed by atoms with E-state index in [0.29, 0.717) is 31.0 Å². The Kier molecular flexibility index (Phi) is 7.34. The molecule has 0 spiro atoms. The first-order chi connectivity index (χ1) is 19.2. The first-order valence-electron chi connectivity index (χ1n) is 13.8. The van der Waals surface area contributed by atoms with Crippen LogP contribution in [0.1, 0.15) is 80.8 Å². The van der Waals surface area contributed by atoms with Crippen LogP contribution in [0, 0.1) is 5.92 Å². The van der Waals surface area contributed by atoms with Crippen molar-refractivity contribution in [2.24, 2.45) is 5.92 Å². The van der Waals surface area contributed by atoms with Crippen molar-refractivity contribution in [3.05, 3.63) is 41.3 Å². The van der Waals surface area contributed by atoms with Gasteiger partial charge in [-0.05, 0) is 68.7 Å². The van der Waals surface area contributed by atoms with Gasteiger partial charge in [-0.25, -0.2) is 27.2 Å². The zero-order chi connectivity index (χ0) is 28.0. The number of ether oxygens (including phenoxy) is 2. The number of imidazole rings is 1. The lowest BCUT2D eigenvalue weighted by molar-refractivity contribution is -0.119. The molecule has 2 unspecified atom stereocenters. The molecule has 2 aromatic heterocycles. The fourth-order valence-electron chi connectivity index (χ4n) is 5.55. The number of sulfone groups is 1. The molecule has 12 heteroatoms. The van der Waals surface area contributed by atoms with Crippen LogP contribution in [-0.4, -0.2) is 48.2 Å². The maximum absolute atomic E-state index is 14.3. The molecule has 0 amide bonds. The lowest BCUT2D eigenvalue weighted by Gasteiger charge is -2.25. The highest BCUT2D eigenvalue weighted by atomic mass is 32.2. The summed E-state index contributed by atoms with van der Waals surface area (Å²) in [5.74, 6) is -0.427. The van der Waals surface area contributed by atoms with Crippen molar-refractivity contribution in [1.29, 1.82) is 0 Å². The Morgan fingerprint density at radius 2 is 1.85 bits per heavy atom. The fourth-order valence-corrected chi connectivity index (χ4v) is 6.41. The number of aromatic nitrogens is 3. The van der Waals surface area contributed by atoms with E-state index in [1.165, 1.54) is 4.57 Å². The molecule has 1 N–H and O–H groups in total. The van der Waals surface area contributed by atoms with Crippen LogP contribution in [0.4, 0.5) is 20.2 Å². The van der Waals surface area contributed by atoms with Crippen molar-refractivity contribution >= 4 is 38.2 Å². The average Bonchev–Trinajstić information content (AvgIpc) is 3.49. The summed E-state index contributed by atoms with van der Waals surface area (Å²) < 4.78 is 67.2. The van der Waals surface area contributed by atoms with Crippen molar-refractivity contribution in [3.8, 4) is 0 Å². The van der Waals surface area contributed by atoms with Crippen LogP contribution < -0.4 is 5.32 Å². The third kappa shape index (κ3) is 5.48. The minimum Gasteiger partial charge on any atom is -0.374 e. The van der Waals surface area contributed by atoms with Crippen LogP contribution in [0.3, 0.4) is 0 Å². The van der Waals surface area contributed by atoms with Crippen molar-refractivity contribution in [2.75, 3.05) is 24.8 Å². The van der Waals surface area contributed by atoms with E-state index in [4.69, 9.17) is 9.47 Å². The van der Waals surface area contributed by atoms with E-state index >= 15 is 0 Å². The Morgan fingerprint density at radius 1 is 1.05 bits per heavy atom. The number of halogens is 2. The number of carbonyl (C=O) groups excluding carboxylic acids is 1. The van der Waals surface area contributed by atoms with Crippen molar-refractivity contribution < 1.29 is 31.5 Å². The van der Waals surface area contributed by atoms with Gasteiger partial charge >= 0.3 is 0 Å². The average molecular weight is 575 g/mol. The number of hydrogen-bond acceptors (Lipinski definition) is 8. The number of rotatable bonds is 9. The Morgan fingerprint density at radius 3 is 2.50 bits per heavy atom. The SMILES string of the molecule is CS(=O)(=O)c1cc(C2CCCO2)ccc1Nc1cc(CC(=O)C2CC2)nc2c1nc(C(F)F)n2C1CCCCO1. The number of alkyl halides is 2. The summed E-state index contributed by atoms with van der Waals surface area (Å²) >= 11 is 0. The maximum atomic E-state index is 14.3. The van der Waals surface area contributed by atoms with Gasteiger partial charge in [0.05, 0.1) is 28.1 Å². The number of anilines is 2. The lowest BCUT2D eigenvalue weighted by Crippen LogP contribution is -2.21. The van der Waals surface area contributed by atoms with Gasteiger partial charge in [0.2, 0.25) is 0 Å². The molecule has 1 aromatic carbocycles. The highest BCUT2D eigenvalue weighted by Gasteiger charge is 2.32. The summed E-state index contributed by atoms with van der Waals surface area (Å²) in [6.45, 7) is 1.06. The predicted molar refractivity (Wildman–Crippen MR) is 144 cm³/mol. The quantitative estimate of drug-likeness (QED) is 0.352. The molecule has 2 atom stereocenters. The van der Waals surface area contributed by atoms with Crippen molar-refractivity contribution in [2.45, 2.75) is 75.0 Å². The number of benzene rings is 1. The molecule has 3 aromatic rings. The second-order valence-electron chi connectivity index (χ2n) is 10.9. The summed E-state index contributed by atoms with van der Waals surface area (Å²) in [4.78, 5) is 21.7. The molecule has 3 aliphatic rings. The molecule has 0 bridgehead atoms. The van der Waals surface area contributed by atoms with Gasteiger partial charge in [-0.2, -0.15) is 0 Å². The highest BCUT2D eigenvalue weighted by molar-refractivity contribution is 7.90. The number of pyridine rings is 1. The van der Waals surface area contributed by atoms with E-state index in [1.54, 1.807) is 18.2 Å². The minimum absolute atomic E-state index is 0.000641. The number of nitrogens with one attached hydrogen (secondary N) is 1. The maximum Gasteiger partial charge on any atom is 0.295 e. The van der Waals surface area contributed by atoms with E-state index in [2.05, 4.69) is 15.3 Å². The monoisotopic (exact) mass is 574 g/mol. The molecule has 1 saturated carbocycles. The van der Waals surface area contributed by atoms with Gasteiger partial charge in [-0.1, -0.05) is 6.07 Å². The summed E-state index contributed by atoms with van der Waals surface area (Å²) in [5, 5.41) is 3.15. The molecule has 6 rings (SSSR count). The van der Waals surface area contributed by atoms with Crippen molar-refractivity contribution in [3.63, 3.8) is 0 Å². The third-order valence-electron chi connectivity index (χ3n) is 7.73. The molecule has 4 heterocycles. The van der Waals surface area contributed by atoms with E-state index in [1.807, 2.05) is 6.07 Å². The summed E-state index contributed by atoms with van der Waals surface area (Å²) in [6.07, 6.45) is 3.01. The lowest BCUT2D eigenvalue weighted by atomic mass is 10.1. The third-order valence-corrected chi connectivity index (χ3v) is 8.87. The molecule has 3 fully saturated rings. The number of nitrogens with zero attached hydrogens (tertiary/aromatic N) is 3. The predicted octanol–water partition coefficient (Wildman–Crippen LogP) is 5.59. The first-order valence-corrected chi connectivity index (χ1v) is 15.6. The highest BCUT2D eigenvalue weighted by Crippen LogP contribution is 2.38. The Balaban J connectivity index is 1.48. The summed E-state index contributed by atoms with van der Waals surface area (Å²) in [7, 11) is -3.68. The second-order valence-corrected chi connectivity index (χ2v) is 12.9. The van der Waals surface area contributed by atoms with Gasteiger partial charge in [-0.15, -0.1) is 0 Å². The topological polar surface area (TPSA) is 112 Å². The Bertz CT molecular complexity index is 1540. The normalized spacial score (nSPS) is 21.8. The van der Waals surface area contributed by atoms with E-state index in [9.17, 15) is 22.0 Å². The molecule has 2 saturated heterocycles. The van der Waals surface area contributed by atoms with Crippen LogP contribution in [0.25, 0.3) is 11.2 Å². The standard InChI is InChI=1S/C28H32F2N4O5S/c1-40(36,37)23-13-17(22-5-4-12-38-22)9-10-19(23)32-20-14-18(15-21(35)16-7-8-16)31-27-25(20)33-28(26(29)30)34(27)24-6-2-3-11-39-24/h9-10,13-14,16,22,24,26H,2-8,11-12,15H2,1H3,(H,31,32). The summed E-state index contributed by atoms with van der Waals surface area (Å²) in [5.41, 5.74) is 2.09. The van der Waals surface area contributed by atoms with E-state index in [0.717, 1.165) is 50.3 Å². The van der Waals surface area contributed by atoms with Gasteiger partial charge in [0.25, 0.3) is 6.43 Å². The number of ketones is 1. The molecule has 9 nitrogen and oxygen atoms in total. The zero-order valence-corrected chi connectivity index (χ0v) is 23.1. The van der Waals surface area contributed by atoms with Gasteiger partial charge in [-0.3, -0.25) is 9.36 Å². The van der Waals surface area contributed by atoms with Crippen molar-refractivity contribution in [1.82, 2.24) is 14.5 Å². The number of Topliss-reactive ketones (excluding diaryl/α,β-unsaturated/α-hetero) is 1. The minimum atomic E-state index is -3.68. The largest absolute Gasteiger partial charge is 0.374 e. The Hall–Kier alpha value is -2.96. The number of fused-ring (bicyclic) bond motifs is 1. The molecular weight excluding hydrogens is 542 g/mol. The summed E-state index contributed by atoms with van der Waals surface area (Å²) in [6, 6.07) is 6.67. The molecule has 0 radical (unpaired) electrons. The van der Waals surface area contributed by atoms with Gasteiger partial charge in [0, 0.05) is 31.8 Å². The number of hydrogen-bond donors (Lipinski definition) is 1. The number of carbonyl (C=O) groups is 1. The molecule has 1 aliphatic carbocycles. The molecular formula is C28H32F2N4O5S.